The molecule has 0 radical (unpaired) electrons. The molecule has 0 aromatic heterocycles. The third-order valence-electron chi connectivity index (χ3n) is 13.4. The molecule has 2 amide bonds. The first-order valence-electron chi connectivity index (χ1n) is 21.6. The Morgan fingerprint density at radius 2 is 1.56 bits per heavy atom. The molecule has 8 rings (SSSR count). The maximum absolute atomic E-state index is 14.8. The minimum atomic E-state index is -1.34. The highest BCUT2D eigenvalue weighted by Crippen LogP contribution is 2.59. The fraction of sp³-hybridized carbons (Fsp3) is 0.358. The minimum Gasteiger partial charge on any atom is -0.497 e. The lowest BCUT2D eigenvalue weighted by Crippen LogP contribution is -2.55. The van der Waals surface area contributed by atoms with Crippen LogP contribution in [0.5, 0.6) is 11.5 Å². The average Bonchev–Trinajstić information content (AvgIpc) is 3.53. The van der Waals surface area contributed by atoms with Crippen molar-refractivity contribution in [1.29, 1.82) is 0 Å². The molecule has 8 heteroatoms. The Labute approximate surface area is 361 Å². The van der Waals surface area contributed by atoms with Crippen molar-refractivity contribution in [3.05, 3.63) is 166 Å². The molecule has 3 aliphatic rings. The number of hydrogen-bond donors (Lipinski definition) is 3. The number of benzene rings is 5. The topological polar surface area (TPSA) is 108 Å². The lowest BCUT2D eigenvalue weighted by Gasteiger charge is -2.46. The van der Waals surface area contributed by atoms with Crippen molar-refractivity contribution in [1.82, 2.24) is 10.2 Å². The van der Waals surface area contributed by atoms with E-state index < -0.39 is 17.1 Å². The van der Waals surface area contributed by atoms with Gasteiger partial charge in [-0.2, -0.15) is 0 Å². The van der Waals surface area contributed by atoms with Crippen LogP contribution in [0.2, 0.25) is 0 Å². The normalized spacial score (nSPS) is 22.0. The molecular weight excluding hydrogens is 761 g/mol. The highest BCUT2D eigenvalue weighted by atomic mass is 16.5. The molecule has 1 fully saturated rings. The van der Waals surface area contributed by atoms with Gasteiger partial charge in [0.2, 0.25) is 0 Å². The summed E-state index contributed by atoms with van der Waals surface area (Å²) in [5, 5.41) is 27.7. The van der Waals surface area contributed by atoms with E-state index in [4.69, 9.17) is 9.47 Å². The number of methoxy groups -OCH3 is 2. The molecule has 3 aliphatic carbocycles. The fourth-order valence-corrected chi connectivity index (χ4v) is 9.60. The third-order valence-corrected chi connectivity index (χ3v) is 13.4. The second-order valence-corrected chi connectivity index (χ2v) is 17.3. The molecule has 318 valence electrons. The summed E-state index contributed by atoms with van der Waals surface area (Å²) in [7, 11) is 3.20. The molecule has 8 nitrogen and oxygen atoms in total. The molecule has 61 heavy (non-hydrogen) atoms. The van der Waals surface area contributed by atoms with Gasteiger partial charge in [-0.25, -0.2) is 4.79 Å². The molecular formula is C53H60N2O6. The number of urea groups is 1. The molecule has 0 unspecified atom stereocenters. The fourth-order valence-electron chi connectivity index (χ4n) is 9.60. The Balaban J connectivity index is 1.28. The molecule has 3 N–H and O–H groups in total. The SMILES string of the molecule is COc1ccc(CN(C[C@]2(O)CC[C@H]3c4ccc(cc4C(=O)c4ccc(-c5ccccc5)cc4)C[C@@H](O)CCC(C)=CCC[C@@]32C)C(=O)N[C@H](C)c2ccccc2)c(OC)c1. The largest absolute Gasteiger partial charge is 0.497 e. The zero-order valence-corrected chi connectivity index (χ0v) is 36.2. The molecule has 0 spiro atoms. The van der Waals surface area contributed by atoms with Crippen LogP contribution in [0.3, 0.4) is 0 Å². The number of ether oxygens (including phenoxy) is 2. The van der Waals surface area contributed by atoms with Gasteiger partial charge < -0.3 is 29.9 Å². The van der Waals surface area contributed by atoms with E-state index in [0.29, 0.717) is 61.2 Å². The quantitative estimate of drug-likeness (QED) is 0.0905. The van der Waals surface area contributed by atoms with Gasteiger partial charge in [-0.05, 0) is 111 Å². The molecule has 5 aromatic rings. The van der Waals surface area contributed by atoms with E-state index in [9.17, 15) is 19.8 Å². The van der Waals surface area contributed by atoms with Crippen molar-refractivity contribution in [3.8, 4) is 22.6 Å². The number of amides is 2. The monoisotopic (exact) mass is 820 g/mol. The van der Waals surface area contributed by atoms with E-state index in [1.54, 1.807) is 19.1 Å². The van der Waals surface area contributed by atoms with Crippen molar-refractivity contribution < 1.29 is 29.3 Å². The van der Waals surface area contributed by atoms with E-state index in [-0.39, 0.29) is 36.9 Å². The minimum absolute atomic E-state index is 0.0553. The highest BCUT2D eigenvalue weighted by Gasteiger charge is 2.57. The number of nitrogens with zero attached hydrogens (tertiary/aromatic N) is 1. The van der Waals surface area contributed by atoms with Gasteiger partial charge in [0.1, 0.15) is 11.5 Å². The highest BCUT2D eigenvalue weighted by molar-refractivity contribution is 6.10. The number of carbonyl (C=O) groups is 2. The van der Waals surface area contributed by atoms with Crippen LogP contribution in [0.15, 0.2) is 133 Å². The van der Waals surface area contributed by atoms with Gasteiger partial charge in [0, 0.05) is 28.2 Å². The summed E-state index contributed by atoms with van der Waals surface area (Å²) in [4.78, 5) is 31.1. The lowest BCUT2D eigenvalue weighted by molar-refractivity contribution is -0.0781. The summed E-state index contributed by atoms with van der Waals surface area (Å²) >= 11 is 0. The zero-order chi connectivity index (χ0) is 43.1. The second kappa shape index (κ2) is 18.9. The first-order chi connectivity index (χ1) is 29.4. The average molecular weight is 821 g/mol. The Morgan fingerprint density at radius 1 is 0.852 bits per heavy atom. The van der Waals surface area contributed by atoms with E-state index in [0.717, 1.165) is 39.8 Å². The zero-order valence-electron chi connectivity index (χ0n) is 36.2. The number of aliphatic hydroxyl groups excluding tert-OH is 1. The van der Waals surface area contributed by atoms with E-state index in [1.165, 1.54) is 5.57 Å². The summed E-state index contributed by atoms with van der Waals surface area (Å²) in [6, 6.07) is 38.8. The van der Waals surface area contributed by atoms with Crippen LogP contribution in [-0.2, 0) is 13.0 Å². The van der Waals surface area contributed by atoms with Crippen LogP contribution in [-0.4, -0.2) is 59.4 Å². The Morgan fingerprint density at radius 3 is 2.26 bits per heavy atom. The number of aliphatic hydroxyl groups is 2. The standard InChI is InChI=1S/C53H60N2O6/c1-36-13-12-29-52(3)48(46-27-19-38(31-44(56)25-18-36)32-47(46)50(57)42-22-20-41(21-23-42)40-16-10-7-11-17-40)28-30-53(52,59)35-55(34-43-24-26-45(60-4)33-49(43)61-5)51(58)54-37(2)39-14-8-6-9-15-39/h6-11,13-17,19-24,26-27,32-33,37,44,48,56,59H,12,18,25,28-31,34-35H2,1-5H3,(H,54,58)/t37-,44+,48+,52+,53-/m1/s1. The van der Waals surface area contributed by atoms with Gasteiger partial charge in [0.05, 0.1) is 45.1 Å². The first kappa shape index (κ1) is 43.4. The number of hydrogen-bond acceptors (Lipinski definition) is 6. The number of rotatable bonds is 11. The van der Waals surface area contributed by atoms with Crippen LogP contribution >= 0.6 is 0 Å². The number of nitrogens with one attached hydrogen (secondary N) is 1. The van der Waals surface area contributed by atoms with E-state index >= 15 is 0 Å². The molecule has 0 heterocycles. The van der Waals surface area contributed by atoms with Crippen LogP contribution in [0.4, 0.5) is 4.79 Å². The van der Waals surface area contributed by atoms with Crippen LogP contribution in [0.1, 0.15) is 109 Å². The third kappa shape index (κ3) is 9.61. The molecule has 1 saturated carbocycles. The summed E-state index contributed by atoms with van der Waals surface area (Å²) < 4.78 is 11.3. The Kier molecular flexibility index (Phi) is 13.5. The summed E-state index contributed by atoms with van der Waals surface area (Å²) in [6.45, 7) is 6.46. The molecule has 5 aromatic carbocycles. The van der Waals surface area contributed by atoms with Crippen molar-refractivity contribution in [3.63, 3.8) is 0 Å². The van der Waals surface area contributed by atoms with Gasteiger partial charge in [0.25, 0.3) is 0 Å². The van der Waals surface area contributed by atoms with Gasteiger partial charge in [0.15, 0.2) is 5.78 Å². The summed E-state index contributed by atoms with van der Waals surface area (Å²) in [5.74, 6) is 0.924. The maximum atomic E-state index is 14.8. The Hall–Kier alpha value is -5.70. The van der Waals surface area contributed by atoms with Crippen molar-refractivity contribution in [2.45, 2.75) is 95.9 Å². The first-order valence-corrected chi connectivity index (χ1v) is 21.6. The number of allylic oxidation sites excluding steroid dienone is 2. The Bertz CT molecular complexity index is 2330. The number of fused-ring (bicyclic) bond motifs is 8. The van der Waals surface area contributed by atoms with Gasteiger partial charge in [-0.1, -0.05) is 116 Å². The van der Waals surface area contributed by atoms with Gasteiger partial charge in [-0.3, -0.25) is 4.79 Å². The van der Waals surface area contributed by atoms with Crippen molar-refractivity contribution in [2.24, 2.45) is 5.41 Å². The molecule has 0 aliphatic heterocycles. The lowest BCUT2D eigenvalue weighted by atomic mass is 9.64. The van der Waals surface area contributed by atoms with E-state index in [2.05, 4.69) is 43.4 Å². The van der Waals surface area contributed by atoms with Crippen LogP contribution < -0.4 is 14.8 Å². The smallest absolute Gasteiger partial charge is 0.318 e. The molecule has 5 atom stereocenters. The molecule has 2 bridgehead atoms. The predicted molar refractivity (Wildman–Crippen MR) is 242 cm³/mol. The van der Waals surface area contributed by atoms with Gasteiger partial charge in [-0.15, -0.1) is 0 Å². The summed E-state index contributed by atoms with van der Waals surface area (Å²) in [6.07, 6.45) is 5.85. The van der Waals surface area contributed by atoms with Crippen molar-refractivity contribution >= 4 is 11.8 Å². The predicted octanol–water partition coefficient (Wildman–Crippen LogP) is 10.6. The number of carbonyl (C=O) groups excluding carboxylic acids is 2. The van der Waals surface area contributed by atoms with Gasteiger partial charge >= 0.3 is 6.03 Å². The van der Waals surface area contributed by atoms with Crippen LogP contribution in [0, 0.1) is 5.41 Å². The van der Waals surface area contributed by atoms with Crippen molar-refractivity contribution in [2.75, 3.05) is 20.8 Å². The maximum Gasteiger partial charge on any atom is 0.318 e. The second-order valence-electron chi connectivity index (χ2n) is 17.3. The van der Waals surface area contributed by atoms with E-state index in [1.807, 2.05) is 110 Å². The molecule has 0 saturated heterocycles. The summed E-state index contributed by atoms with van der Waals surface area (Å²) in [5.41, 5.74) is 5.92. The number of ketones is 1. The van der Waals surface area contributed by atoms with Crippen LogP contribution in [0.25, 0.3) is 11.1 Å².